The van der Waals surface area contributed by atoms with Crippen LogP contribution in [0.1, 0.15) is 60.0 Å². The number of esters is 1. The predicted octanol–water partition coefficient (Wildman–Crippen LogP) is 3.66. The number of methoxy groups -OCH3 is 1. The summed E-state index contributed by atoms with van der Waals surface area (Å²) in [6, 6.07) is 4.84. The SMILES string of the molecule is CCN(c1cc(C2CC2)cc(C(=O)OC)c1C)C1CCOCC1. The highest BCUT2D eigenvalue weighted by Gasteiger charge is 2.29. The van der Waals surface area contributed by atoms with Crippen molar-refractivity contribution in [2.75, 3.05) is 31.8 Å². The monoisotopic (exact) mass is 317 g/mol. The minimum absolute atomic E-state index is 0.228. The van der Waals surface area contributed by atoms with Gasteiger partial charge in [-0.2, -0.15) is 0 Å². The van der Waals surface area contributed by atoms with Crippen molar-refractivity contribution in [3.63, 3.8) is 0 Å². The normalized spacial score (nSPS) is 18.7. The topological polar surface area (TPSA) is 38.8 Å². The van der Waals surface area contributed by atoms with Crippen LogP contribution in [0.3, 0.4) is 0 Å². The van der Waals surface area contributed by atoms with Gasteiger partial charge in [0.2, 0.25) is 0 Å². The zero-order valence-electron chi connectivity index (χ0n) is 14.4. The van der Waals surface area contributed by atoms with Crippen LogP contribution in [-0.4, -0.2) is 38.9 Å². The Kier molecular flexibility index (Phi) is 4.90. The van der Waals surface area contributed by atoms with E-state index in [9.17, 15) is 4.79 Å². The molecule has 0 amide bonds. The third kappa shape index (κ3) is 3.37. The number of hydrogen-bond acceptors (Lipinski definition) is 4. The molecular formula is C19H27NO3. The Morgan fingerprint density at radius 3 is 2.52 bits per heavy atom. The molecule has 23 heavy (non-hydrogen) atoms. The van der Waals surface area contributed by atoms with E-state index in [0.717, 1.165) is 43.7 Å². The molecule has 1 saturated carbocycles. The number of ether oxygens (including phenoxy) is 2. The maximum Gasteiger partial charge on any atom is 0.338 e. The molecule has 126 valence electrons. The molecule has 2 fully saturated rings. The smallest absolute Gasteiger partial charge is 0.338 e. The summed E-state index contributed by atoms with van der Waals surface area (Å²) in [6.45, 7) is 6.83. The maximum atomic E-state index is 12.2. The van der Waals surface area contributed by atoms with E-state index in [1.807, 2.05) is 13.0 Å². The molecule has 0 unspecified atom stereocenters. The summed E-state index contributed by atoms with van der Waals surface area (Å²) >= 11 is 0. The highest BCUT2D eigenvalue weighted by Crippen LogP contribution is 2.43. The molecule has 0 N–H and O–H groups in total. The standard InChI is InChI=1S/C19H27NO3/c1-4-20(16-7-9-23-10-8-16)18-12-15(14-5-6-14)11-17(13(18)2)19(21)22-3/h11-12,14,16H,4-10H2,1-3H3. The van der Waals surface area contributed by atoms with Crippen molar-refractivity contribution in [1.29, 1.82) is 0 Å². The molecule has 0 aromatic heterocycles. The second kappa shape index (κ2) is 6.91. The van der Waals surface area contributed by atoms with Crippen LogP contribution in [0.4, 0.5) is 5.69 Å². The van der Waals surface area contributed by atoms with Crippen molar-refractivity contribution in [2.24, 2.45) is 0 Å². The first-order valence-electron chi connectivity index (χ1n) is 8.73. The Hall–Kier alpha value is -1.55. The van der Waals surface area contributed by atoms with Crippen molar-refractivity contribution in [1.82, 2.24) is 0 Å². The second-order valence-electron chi connectivity index (χ2n) is 6.61. The molecule has 1 heterocycles. The number of benzene rings is 1. The van der Waals surface area contributed by atoms with E-state index in [2.05, 4.69) is 17.9 Å². The van der Waals surface area contributed by atoms with Gasteiger partial charge in [0.05, 0.1) is 12.7 Å². The lowest BCUT2D eigenvalue weighted by Gasteiger charge is -2.37. The van der Waals surface area contributed by atoms with Gasteiger partial charge in [0.25, 0.3) is 0 Å². The number of nitrogens with zero attached hydrogens (tertiary/aromatic N) is 1. The van der Waals surface area contributed by atoms with Crippen LogP contribution in [0.5, 0.6) is 0 Å². The number of carbonyl (C=O) groups is 1. The molecule has 4 nitrogen and oxygen atoms in total. The molecule has 1 aromatic rings. The lowest BCUT2D eigenvalue weighted by molar-refractivity contribution is 0.0599. The summed E-state index contributed by atoms with van der Waals surface area (Å²) in [4.78, 5) is 14.7. The fourth-order valence-corrected chi connectivity index (χ4v) is 3.62. The molecular weight excluding hydrogens is 290 g/mol. The largest absolute Gasteiger partial charge is 0.465 e. The van der Waals surface area contributed by atoms with E-state index >= 15 is 0 Å². The fraction of sp³-hybridized carbons (Fsp3) is 0.632. The average molecular weight is 317 g/mol. The van der Waals surface area contributed by atoms with Crippen molar-refractivity contribution in [3.05, 3.63) is 28.8 Å². The van der Waals surface area contributed by atoms with Gasteiger partial charge in [-0.15, -0.1) is 0 Å². The van der Waals surface area contributed by atoms with Crippen LogP contribution in [0.2, 0.25) is 0 Å². The van der Waals surface area contributed by atoms with E-state index in [4.69, 9.17) is 9.47 Å². The van der Waals surface area contributed by atoms with E-state index < -0.39 is 0 Å². The first kappa shape index (κ1) is 16.3. The first-order chi connectivity index (χ1) is 11.2. The van der Waals surface area contributed by atoms with Crippen LogP contribution in [0.15, 0.2) is 12.1 Å². The quantitative estimate of drug-likeness (QED) is 0.777. The van der Waals surface area contributed by atoms with Crippen LogP contribution >= 0.6 is 0 Å². The van der Waals surface area contributed by atoms with Gasteiger partial charge in [0.15, 0.2) is 0 Å². The van der Waals surface area contributed by atoms with E-state index in [0.29, 0.717) is 12.0 Å². The Bertz CT molecular complexity index is 574. The number of carbonyl (C=O) groups excluding carboxylic acids is 1. The molecule has 4 heteroatoms. The summed E-state index contributed by atoms with van der Waals surface area (Å²) in [6.07, 6.45) is 4.56. The number of rotatable bonds is 5. The van der Waals surface area contributed by atoms with Gasteiger partial charge in [-0.3, -0.25) is 0 Å². The van der Waals surface area contributed by atoms with Gasteiger partial charge in [0, 0.05) is 31.5 Å². The molecule has 1 aliphatic carbocycles. The molecule has 1 aliphatic heterocycles. The van der Waals surface area contributed by atoms with E-state index in [-0.39, 0.29) is 5.97 Å². The predicted molar refractivity (Wildman–Crippen MR) is 91.4 cm³/mol. The molecule has 1 saturated heterocycles. The second-order valence-corrected chi connectivity index (χ2v) is 6.61. The van der Waals surface area contributed by atoms with Crippen LogP contribution in [-0.2, 0) is 9.47 Å². The molecule has 0 bridgehead atoms. The van der Waals surface area contributed by atoms with Crippen molar-refractivity contribution in [2.45, 2.75) is 51.5 Å². The van der Waals surface area contributed by atoms with Gasteiger partial charge < -0.3 is 14.4 Å². The minimum atomic E-state index is -0.228. The highest BCUT2D eigenvalue weighted by atomic mass is 16.5. The zero-order chi connectivity index (χ0) is 16.4. The first-order valence-corrected chi connectivity index (χ1v) is 8.73. The molecule has 0 atom stereocenters. The van der Waals surface area contributed by atoms with Gasteiger partial charge >= 0.3 is 5.97 Å². The lowest BCUT2D eigenvalue weighted by atomic mass is 9.97. The Morgan fingerprint density at radius 1 is 1.26 bits per heavy atom. The van der Waals surface area contributed by atoms with Crippen LogP contribution in [0.25, 0.3) is 0 Å². The minimum Gasteiger partial charge on any atom is -0.465 e. The van der Waals surface area contributed by atoms with E-state index in [1.54, 1.807) is 0 Å². The molecule has 2 aliphatic rings. The van der Waals surface area contributed by atoms with Gasteiger partial charge in [0.1, 0.15) is 0 Å². The summed E-state index contributed by atoms with van der Waals surface area (Å²) < 4.78 is 10.5. The van der Waals surface area contributed by atoms with Crippen molar-refractivity contribution in [3.8, 4) is 0 Å². The van der Waals surface area contributed by atoms with E-state index in [1.165, 1.54) is 31.2 Å². The fourth-order valence-electron chi connectivity index (χ4n) is 3.62. The zero-order valence-corrected chi connectivity index (χ0v) is 14.4. The Balaban J connectivity index is 2.01. The molecule has 1 aromatic carbocycles. The summed E-state index contributed by atoms with van der Waals surface area (Å²) in [5.41, 5.74) is 4.24. The maximum absolute atomic E-state index is 12.2. The molecule has 0 spiro atoms. The molecule has 3 rings (SSSR count). The summed E-state index contributed by atoms with van der Waals surface area (Å²) in [7, 11) is 1.46. The number of hydrogen-bond donors (Lipinski definition) is 0. The average Bonchev–Trinajstić information content (AvgIpc) is 3.42. The summed E-state index contributed by atoms with van der Waals surface area (Å²) in [5.74, 6) is 0.389. The lowest BCUT2D eigenvalue weighted by Crippen LogP contribution is -2.40. The van der Waals surface area contributed by atoms with Crippen LogP contribution in [0, 0.1) is 6.92 Å². The summed E-state index contributed by atoms with van der Waals surface area (Å²) in [5, 5.41) is 0. The third-order valence-electron chi connectivity index (χ3n) is 5.14. The van der Waals surface area contributed by atoms with Gasteiger partial charge in [-0.1, -0.05) is 0 Å². The number of anilines is 1. The highest BCUT2D eigenvalue weighted by molar-refractivity contribution is 5.93. The van der Waals surface area contributed by atoms with Gasteiger partial charge in [-0.25, -0.2) is 4.79 Å². The third-order valence-corrected chi connectivity index (χ3v) is 5.14. The molecule has 0 radical (unpaired) electrons. The van der Waals surface area contributed by atoms with Crippen molar-refractivity contribution >= 4 is 11.7 Å². The van der Waals surface area contributed by atoms with Crippen LogP contribution < -0.4 is 4.90 Å². The van der Waals surface area contributed by atoms with Crippen molar-refractivity contribution < 1.29 is 14.3 Å². The Morgan fingerprint density at radius 2 is 1.96 bits per heavy atom. The Labute approximate surface area is 138 Å². The van der Waals surface area contributed by atoms with Gasteiger partial charge in [-0.05, 0) is 68.7 Å².